The van der Waals surface area contributed by atoms with Gasteiger partial charge >= 0.3 is 5.97 Å². The molecule has 1 saturated carbocycles. The summed E-state index contributed by atoms with van der Waals surface area (Å²) in [5, 5.41) is 10.8. The van der Waals surface area contributed by atoms with Crippen LogP contribution in [0.3, 0.4) is 0 Å². The van der Waals surface area contributed by atoms with Gasteiger partial charge in [0.05, 0.1) is 5.92 Å². The second-order valence-corrected chi connectivity index (χ2v) is 12.0. The third-order valence-electron chi connectivity index (χ3n) is 4.95. The number of fused-ring (bicyclic) bond motifs is 1. The van der Waals surface area contributed by atoms with Crippen LogP contribution in [-0.4, -0.2) is 42.0 Å². The van der Waals surface area contributed by atoms with Crippen molar-refractivity contribution in [3.8, 4) is 0 Å². The smallest absolute Gasteiger partial charge is 0.342 e. The van der Waals surface area contributed by atoms with Crippen LogP contribution in [0.1, 0.15) is 27.2 Å². The lowest BCUT2D eigenvalue weighted by Gasteiger charge is -2.60. The Balaban J connectivity index is 2.11. The SMILES string of the molecule is C[C@]12C[C@@H]3[C@@]1(O[Si](C)(C)C)O[C@](C)(C(=O)O2)[C@]3(C)O. The van der Waals surface area contributed by atoms with Crippen LogP contribution in [-0.2, 0) is 18.7 Å². The predicted molar refractivity (Wildman–Crippen MR) is 69.9 cm³/mol. The van der Waals surface area contributed by atoms with Crippen LogP contribution in [0.5, 0.6) is 0 Å². The largest absolute Gasteiger partial charge is 0.451 e. The molecule has 0 aromatic rings. The molecule has 6 heteroatoms. The average Bonchev–Trinajstić information content (AvgIpc) is 2.27. The molecule has 5 atom stereocenters. The standard InChI is InChI=1S/C13H22O5Si/c1-10-7-8-11(2,15)12(3,9(14)16-10)17-13(8,10)18-19(4,5)6/h8,15H,7H2,1-6H3/t8-,10-,11+,12+,13-/m0/s1. The van der Waals surface area contributed by atoms with Gasteiger partial charge in [-0.15, -0.1) is 0 Å². The van der Waals surface area contributed by atoms with Gasteiger partial charge in [0.25, 0.3) is 0 Å². The van der Waals surface area contributed by atoms with Crippen molar-refractivity contribution < 1.29 is 23.8 Å². The number of rotatable bonds is 2. The molecule has 19 heavy (non-hydrogen) atoms. The normalized spacial score (nSPS) is 55.7. The van der Waals surface area contributed by atoms with E-state index in [1.165, 1.54) is 0 Å². The van der Waals surface area contributed by atoms with E-state index >= 15 is 0 Å². The second-order valence-electron chi connectivity index (χ2n) is 7.54. The zero-order valence-corrected chi connectivity index (χ0v) is 13.4. The van der Waals surface area contributed by atoms with E-state index in [2.05, 4.69) is 19.6 Å². The minimum atomic E-state index is -1.91. The molecule has 0 radical (unpaired) electrons. The Labute approximate surface area is 114 Å². The molecule has 2 heterocycles. The molecule has 0 spiro atoms. The zero-order chi connectivity index (χ0) is 14.5. The summed E-state index contributed by atoms with van der Waals surface area (Å²) < 4.78 is 17.9. The average molecular weight is 286 g/mol. The Morgan fingerprint density at radius 3 is 2.42 bits per heavy atom. The maximum Gasteiger partial charge on any atom is 0.342 e. The quantitative estimate of drug-likeness (QED) is 0.614. The van der Waals surface area contributed by atoms with Crippen LogP contribution in [0.4, 0.5) is 0 Å². The number of hydrogen-bond donors (Lipinski definition) is 1. The Morgan fingerprint density at radius 1 is 1.32 bits per heavy atom. The fraction of sp³-hybridized carbons (Fsp3) is 0.923. The van der Waals surface area contributed by atoms with E-state index in [0.29, 0.717) is 6.42 Å². The summed E-state index contributed by atoms with van der Waals surface area (Å²) in [6.07, 6.45) is 0.575. The first-order valence-corrected chi connectivity index (χ1v) is 10.1. The monoisotopic (exact) mass is 286 g/mol. The Kier molecular flexibility index (Phi) is 2.20. The maximum absolute atomic E-state index is 12.2. The Morgan fingerprint density at radius 2 is 1.89 bits per heavy atom. The summed E-state index contributed by atoms with van der Waals surface area (Å²) >= 11 is 0. The minimum absolute atomic E-state index is 0.229. The van der Waals surface area contributed by atoms with Gasteiger partial charge in [0.15, 0.2) is 19.5 Å². The lowest BCUT2D eigenvalue weighted by atomic mass is 9.60. The van der Waals surface area contributed by atoms with Crippen molar-refractivity contribution in [2.75, 3.05) is 0 Å². The van der Waals surface area contributed by atoms with Crippen LogP contribution >= 0.6 is 0 Å². The fourth-order valence-electron chi connectivity index (χ4n) is 3.71. The Hall–Kier alpha value is -0.433. The highest BCUT2D eigenvalue weighted by Gasteiger charge is 2.87. The first-order chi connectivity index (χ1) is 8.38. The van der Waals surface area contributed by atoms with E-state index in [1.807, 2.05) is 6.92 Å². The number of carbonyl (C=O) groups excluding carboxylic acids is 1. The van der Waals surface area contributed by atoms with Crippen molar-refractivity contribution in [3.05, 3.63) is 0 Å². The van der Waals surface area contributed by atoms with Crippen molar-refractivity contribution in [2.24, 2.45) is 5.92 Å². The van der Waals surface area contributed by atoms with Crippen molar-refractivity contribution in [3.63, 3.8) is 0 Å². The molecule has 1 N–H and O–H groups in total. The molecule has 1 aliphatic carbocycles. The maximum atomic E-state index is 12.2. The molecule has 2 bridgehead atoms. The first kappa shape index (κ1) is 13.5. The van der Waals surface area contributed by atoms with E-state index in [4.69, 9.17) is 13.9 Å². The first-order valence-electron chi connectivity index (χ1n) is 6.74. The summed E-state index contributed by atoms with van der Waals surface area (Å²) in [5.41, 5.74) is -3.39. The van der Waals surface area contributed by atoms with Crippen molar-refractivity contribution >= 4 is 14.3 Å². The van der Waals surface area contributed by atoms with Crippen LogP contribution in [0.15, 0.2) is 0 Å². The molecular weight excluding hydrogens is 264 g/mol. The third-order valence-corrected chi connectivity index (χ3v) is 5.87. The summed E-state index contributed by atoms with van der Waals surface area (Å²) in [4.78, 5) is 12.2. The Bertz CT molecular complexity index is 470. The van der Waals surface area contributed by atoms with Gasteiger partial charge in [-0.05, 0) is 40.4 Å². The number of esters is 1. The highest BCUT2D eigenvalue weighted by Crippen LogP contribution is 2.69. The fourth-order valence-corrected chi connectivity index (χ4v) is 5.02. The predicted octanol–water partition coefficient (Wildman–Crippen LogP) is 1.41. The van der Waals surface area contributed by atoms with Crippen LogP contribution in [0, 0.1) is 5.92 Å². The molecule has 3 rings (SSSR count). The molecule has 2 saturated heterocycles. The van der Waals surface area contributed by atoms with Gasteiger partial charge in [0.1, 0.15) is 5.60 Å². The van der Waals surface area contributed by atoms with Crippen LogP contribution in [0.2, 0.25) is 19.6 Å². The molecule has 0 unspecified atom stereocenters. The molecule has 0 aromatic carbocycles. The molecule has 3 aliphatic rings. The van der Waals surface area contributed by atoms with E-state index < -0.39 is 36.9 Å². The van der Waals surface area contributed by atoms with Gasteiger partial charge in [-0.1, -0.05) is 0 Å². The van der Waals surface area contributed by atoms with Crippen molar-refractivity contribution in [1.29, 1.82) is 0 Å². The van der Waals surface area contributed by atoms with Gasteiger partial charge in [-0.2, -0.15) is 0 Å². The minimum Gasteiger partial charge on any atom is -0.451 e. The topological polar surface area (TPSA) is 65.0 Å². The van der Waals surface area contributed by atoms with Crippen molar-refractivity contribution in [1.82, 2.24) is 0 Å². The molecule has 0 aromatic heterocycles. The van der Waals surface area contributed by atoms with Gasteiger partial charge in [-0.3, -0.25) is 0 Å². The van der Waals surface area contributed by atoms with E-state index in [-0.39, 0.29) is 5.92 Å². The zero-order valence-electron chi connectivity index (χ0n) is 12.4. The van der Waals surface area contributed by atoms with E-state index in [0.717, 1.165) is 0 Å². The summed E-state index contributed by atoms with van der Waals surface area (Å²) in [5.74, 6) is -1.70. The third kappa shape index (κ3) is 1.28. The van der Waals surface area contributed by atoms with Gasteiger partial charge in [0, 0.05) is 6.42 Å². The molecule has 108 valence electrons. The van der Waals surface area contributed by atoms with Gasteiger partial charge in [-0.25, -0.2) is 4.79 Å². The van der Waals surface area contributed by atoms with Gasteiger partial charge in [0.2, 0.25) is 5.79 Å². The lowest BCUT2D eigenvalue weighted by Crippen LogP contribution is -2.74. The molecule has 5 nitrogen and oxygen atoms in total. The molecule has 2 aliphatic heterocycles. The summed E-state index contributed by atoms with van der Waals surface area (Å²) in [6, 6.07) is 0. The lowest BCUT2D eigenvalue weighted by molar-refractivity contribution is -0.378. The highest BCUT2D eigenvalue weighted by molar-refractivity contribution is 6.69. The number of aliphatic hydroxyl groups is 1. The van der Waals surface area contributed by atoms with E-state index in [9.17, 15) is 9.90 Å². The van der Waals surface area contributed by atoms with Crippen LogP contribution < -0.4 is 0 Å². The number of carbonyl (C=O) groups is 1. The van der Waals surface area contributed by atoms with Crippen LogP contribution in [0.25, 0.3) is 0 Å². The van der Waals surface area contributed by atoms with E-state index in [1.54, 1.807) is 13.8 Å². The molecule has 3 fully saturated rings. The summed E-state index contributed by atoms with van der Waals surface area (Å²) in [7, 11) is -1.91. The molecule has 0 amide bonds. The summed E-state index contributed by atoms with van der Waals surface area (Å²) in [6.45, 7) is 11.3. The molecular formula is C13H22O5Si. The second kappa shape index (κ2) is 3.08. The number of hydrogen-bond acceptors (Lipinski definition) is 5. The highest BCUT2D eigenvalue weighted by atomic mass is 28.4. The van der Waals surface area contributed by atoms with Gasteiger partial charge < -0.3 is 19.0 Å². The van der Waals surface area contributed by atoms with Crippen molar-refractivity contribution in [2.45, 2.75) is 69.4 Å². The number of ether oxygens (including phenoxy) is 2.